The number of nitrogens with one attached hydrogen (secondary N) is 2. The molecule has 6 nitrogen and oxygen atoms in total. The number of hydrogen-bond acceptors (Lipinski definition) is 5. The molecular weight excluding hydrogens is 396 g/mol. The van der Waals surface area contributed by atoms with Gasteiger partial charge in [0.2, 0.25) is 11.8 Å². The summed E-state index contributed by atoms with van der Waals surface area (Å²) < 4.78 is 25.3. The number of carbonyl (C=O) groups excluding carboxylic acids is 2. The molecule has 0 radical (unpaired) electrons. The van der Waals surface area contributed by atoms with Crippen LogP contribution in [0, 0.1) is 5.92 Å². The Morgan fingerprint density at radius 2 is 1.96 bits per heavy atom. The zero-order chi connectivity index (χ0) is 20.3. The van der Waals surface area contributed by atoms with Crippen molar-refractivity contribution in [2.24, 2.45) is 5.92 Å². The summed E-state index contributed by atoms with van der Waals surface area (Å²) in [4.78, 5) is 25.2. The highest BCUT2D eigenvalue weighted by Gasteiger charge is 2.27. The number of benzene rings is 1. The van der Waals surface area contributed by atoms with E-state index in [4.69, 9.17) is 0 Å². The van der Waals surface area contributed by atoms with Crippen molar-refractivity contribution in [2.75, 3.05) is 11.1 Å². The summed E-state index contributed by atoms with van der Waals surface area (Å²) in [5.41, 5.74) is 0.529. The fourth-order valence-corrected chi connectivity index (χ4v) is 5.93. The maximum atomic E-state index is 12.7. The molecular formula is C20H28N2O4S2. The third kappa shape index (κ3) is 5.08. The molecule has 0 saturated heterocycles. The molecule has 1 fully saturated rings. The van der Waals surface area contributed by atoms with E-state index in [1.165, 1.54) is 17.8 Å². The van der Waals surface area contributed by atoms with Crippen molar-refractivity contribution in [1.29, 1.82) is 0 Å². The van der Waals surface area contributed by atoms with Crippen molar-refractivity contribution >= 4 is 39.1 Å². The van der Waals surface area contributed by atoms with Crippen molar-refractivity contribution in [3.63, 3.8) is 0 Å². The molecule has 0 aromatic heterocycles. The Morgan fingerprint density at radius 3 is 2.64 bits per heavy atom. The molecule has 154 valence electrons. The van der Waals surface area contributed by atoms with E-state index >= 15 is 0 Å². The van der Waals surface area contributed by atoms with Crippen LogP contribution in [0.1, 0.15) is 52.4 Å². The van der Waals surface area contributed by atoms with Crippen molar-refractivity contribution in [2.45, 2.75) is 73.5 Å². The molecule has 1 aliphatic carbocycles. The zero-order valence-corrected chi connectivity index (χ0v) is 18.0. The summed E-state index contributed by atoms with van der Waals surface area (Å²) in [7, 11) is -3.60. The SMILES string of the molecule is CC[C@@H]1Sc2ccc(S(=O)(=O)CCC(=O)NC3CCC(C)CC3)cc2NC1=O. The lowest BCUT2D eigenvalue weighted by atomic mass is 9.87. The standard InChI is InChI=1S/C20H28N2O4S2/c1-3-17-20(24)22-16-12-15(8-9-18(16)27-17)28(25,26)11-10-19(23)21-14-6-4-13(2)5-7-14/h8-9,12-14,17H,3-7,10-11H2,1-2H3,(H,21,23)(H,22,24)/t13?,14?,17-/m0/s1. The Labute approximate surface area is 171 Å². The van der Waals surface area contributed by atoms with Crippen LogP contribution in [0.4, 0.5) is 5.69 Å². The van der Waals surface area contributed by atoms with Crippen molar-refractivity contribution in [3.8, 4) is 0 Å². The third-order valence-corrected chi connectivity index (χ3v) is 8.63. The Bertz CT molecular complexity index is 846. The smallest absolute Gasteiger partial charge is 0.237 e. The summed E-state index contributed by atoms with van der Waals surface area (Å²) >= 11 is 1.45. The minimum absolute atomic E-state index is 0.0511. The van der Waals surface area contributed by atoms with Gasteiger partial charge in [0.05, 0.1) is 21.6 Å². The van der Waals surface area contributed by atoms with E-state index in [9.17, 15) is 18.0 Å². The molecule has 1 saturated carbocycles. The van der Waals surface area contributed by atoms with E-state index < -0.39 is 9.84 Å². The van der Waals surface area contributed by atoms with Crippen molar-refractivity contribution in [1.82, 2.24) is 5.32 Å². The Hall–Kier alpha value is -1.54. The van der Waals surface area contributed by atoms with Crippen LogP contribution in [0.15, 0.2) is 28.0 Å². The highest BCUT2D eigenvalue weighted by Crippen LogP contribution is 2.38. The van der Waals surface area contributed by atoms with Crippen LogP contribution in [0.5, 0.6) is 0 Å². The lowest BCUT2D eigenvalue weighted by molar-refractivity contribution is -0.121. The Morgan fingerprint density at radius 1 is 1.25 bits per heavy atom. The van der Waals surface area contributed by atoms with Crippen LogP contribution < -0.4 is 10.6 Å². The number of carbonyl (C=O) groups is 2. The predicted molar refractivity (Wildman–Crippen MR) is 111 cm³/mol. The summed E-state index contributed by atoms with van der Waals surface area (Å²) in [5, 5.41) is 5.61. The largest absolute Gasteiger partial charge is 0.353 e. The molecule has 8 heteroatoms. The first-order valence-electron chi connectivity index (χ1n) is 9.92. The number of rotatable bonds is 6. The number of amides is 2. The van der Waals surface area contributed by atoms with Crippen molar-refractivity contribution in [3.05, 3.63) is 18.2 Å². The molecule has 1 aromatic carbocycles. The minimum atomic E-state index is -3.60. The van der Waals surface area contributed by atoms with E-state index in [-0.39, 0.29) is 40.2 Å². The maximum Gasteiger partial charge on any atom is 0.237 e. The first kappa shape index (κ1) is 21.2. The van der Waals surface area contributed by atoms with Gasteiger partial charge in [-0.15, -0.1) is 11.8 Å². The fraction of sp³-hybridized carbons (Fsp3) is 0.600. The van der Waals surface area contributed by atoms with Gasteiger partial charge in [-0.05, 0) is 56.2 Å². The second-order valence-corrected chi connectivity index (χ2v) is 11.1. The molecule has 1 heterocycles. The number of fused-ring (bicyclic) bond motifs is 1. The maximum absolute atomic E-state index is 12.7. The average Bonchev–Trinajstić information content (AvgIpc) is 2.67. The van der Waals surface area contributed by atoms with Crippen LogP contribution in [0.25, 0.3) is 0 Å². The van der Waals surface area contributed by atoms with Gasteiger partial charge in [-0.1, -0.05) is 13.8 Å². The normalized spacial score (nSPS) is 24.9. The predicted octanol–water partition coefficient (Wildman–Crippen LogP) is 3.37. The highest BCUT2D eigenvalue weighted by atomic mass is 32.2. The molecule has 2 amide bonds. The van der Waals surface area contributed by atoms with Gasteiger partial charge >= 0.3 is 0 Å². The van der Waals surface area contributed by atoms with Gasteiger partial charge in [-0.25, -0.2) is 8.42 Å². The quantitative estimate of drug-likeness (QED) is 0.730. The van der Waals surface area contributed by atoms with Gasteiger partial charge in [0.15, 0.2) is 9.84 Å². The lowest BCUT2D eigenvalue weighted by Gasteiger charge is -2.26. The van der Waals surface area contributed by atoms with Gasteiger partial charge < -0.3 is 10.6 Å². The Kier molecular flexibility index (Phi) is 6.70. The van der Waals surface area contributed by atoms with E-state index in [0.717, 1.165) is 30.6 Å². The minimum Gasteiger partial charge on any atom is -0.353 e. The van der Waals surface area contributed by atoms with Crippen LogP contribution in [0.3, 0.4) is 0 Å². The van der Waals surface area contributed by atoms with Crippen molar-refractivity contribution < 1.29 is 18.0 Å². The molecule has 3 rings (SSSR count). The number of anilines is 1. The van der Waals surface area contributed by atoms with E-state index in [1.807, 2.05) is 6.92 Å². The van der Waals surface area contributed by atoms with E-state index in [1.54, 1.807) is 12.1 Å². The van der Waals surface area contributed by atoms with Crippen LogP contribution in [0.2, 0.25) is 0 Å². The second-order valence-electron chi connectivity index (χ2n) is 7.76. The van der Waals surface area contributed by atoms with Gasteiger partial charge in [0.25, 0.3) is 0 Å². The molecule has 28 heavy (non-hydrogen) atoms. The fourth-order valence-electron chi connectivity index (χ4n) is 3.64. The number of thioether (sulfide) groups is 1. The van der Waals surface area contributed by atoms with Gasteiger partial charge in [0, 0.05) is 17.4 Å². The summed E-state index contributed by atoms with van der Waals surface area (Å²) in [6.07, 6.45) is 4.78. The molecule has 2 aliphatic rings. The van der Waals surface area contributed by atoms with Gasteiger partial charge in [0.1, 0.15) is 0 Å². The van der Waals surface area contributed by atoms with Crippen LogP contribution in [-0.2, 0) is 19.4 Å². The number of hydrogen-bond donors (Lipinski definition) is 2. The number of sulfone groups is 1. The summed E-state index contributed by atoms with van der Waals surface area (Å²) in [6.45, 7) is 4.16. The van der Waals surface area contributed by atoms with Gasteiger partial charge in [-0.2, -0.15) is 0 Å². The molecule has 1 atom stereocenters. The average molecular weight is 425 g/mol. The summed E-state index contributed by atoms with van der Waals surface area (Å²) in [6, 6.07) is 4.96. The topological polar surface area (TPSA) is 92.3 Å². The zero-order valence-electron chi connectivity index (χ0n) is 16.4. The first-order chi connectivity index (χ1) is 13.3. The first-order valence-corrected chi connectivity index (χ1v) is 12.5. The second kappa shape index (κ2) is 8.86. The molecule has 0 spiro atoms. The highest BCUT2D eigenvalue weighted by molar-refractivity contribution is 8.01. The lowest BCUT2D eigenvalue weighted by Crippen LogP contribution is -2.38. The molecule has 0 bridgehead atoms. The van der Waals surface area contributed by atoms with E-state index in [2.05, 4.69) is 17.6 Å². The monoisotopic (exact) mass is 424 g/mol. The van der Waals surface area contributed by atoms with Gasteiger partial charge in [-0.3, -0.25) is 9.59 Å². The summed E-state index contributed by atoms with van der Waals surface area (Å²) in [5.74, 6) is 0.148. The molecule has 1 aromatic rings. The van der Waals surface area contributed by atoms with E-state index in [0.29, 0.717) is 18.0 Å². The molecule has 0 unspecified atom stereocenters. The third-order valence-electron chi connectivity index (χ3n) is 5.48. The van der Waals surface area contributed by atoms with Crippen LogP contribution >= 0.6 is 11.8 Å². The molecule has 1 aliphatic heterocycles. The molecule has 2 N–H and O–H groups in total. The Balaban J connectivity index is 1.59. The van der Waals surface area contributed by atoms with Crippen LogP contribution in [-0.4, -0.2) is 37.3 Å².